The van der Waals surface area contributed by atoms with Crippen molar-refractivity contribution < 1.29 is 19.0 Å². The van der Waals surface area contributed by atoms with Crippen LogP contribution >= 0.6 is 0 Å². The number of allylic oxidation sites excluding steroid dienone is 1. The lowest BCUT2D eigenvalue weighted by Gasteiger charge is -2.04. The molecule has 0 aliphatic rings. The Morgan fingerprint density at radius 1 is 1.25 bits per heavy atom. The van der Waals surface area contributed by atoms with Gasteiger partial charge in [0.05, 0.1) is 7.11 Å². The number of carbonyl (C=O) groups is 1. The summed E-state index contributed by atoms with van der Waals surface area (Å²) in [6.07, 6.45) is 2.70. The van der Waals surface area contributed by atoms with Gasteiger partial charge in [-0.15, -0.1) is 0 Å². The van der Waals surface area contributed by atoms with Crippen molar-refractivity contribution in [2.45, 2.75) is 0 Å². The van der Waals surface area contributed by atoms with Crippen molar-refractivity contribution >= 4 is 11.9 Å². The molecule has 0 spiro atoms. The summed E-state index contributed by atoms with van der Waals surface area (Å²) in [5.41, 5.74) is 0.693. The molecule has 2 aromatic rings. The first-order valence-electron chi connectivity index (χ1n) is 5.96. The Labute approximate surface area is 115 Å². The smallest absolute Gasteiger partial charge is 0.185 e. The molecule has 0 bridgehead atoms. The summed E-state index contributed by atoms with van der Waals surface area (Å²) in [7, 11) is 1.40. The Bertz CT molecular complexity index is 663. The van der Waals surface area contributed by atoms with Gasteiger partial charge in [-0.2, -0.15) is 0 Å². The minimum atomic E-state index is -0.389. The predicted molar refractivity (Wildman–Crippen MR) is 74.4 cm³/mol. The lowest BCUT2D eigenvalue weighted by Crippen LogP contribution is -1.95. The van der Waals surface area contributed by atoms with E-state index in [4.69, 9.17) is 4.74 Å². The van der Waals surface area contributed by atoms with E-state index in [1.807, 2.05) is 0 Å². The van der Waals surface area contributed by atoms with Gasteiger partial charge in [0.2, 0.25) is 0 Å². The van der Waals surface area contributed by atoms with Crippen molar-refractivity contribution in [2.24, 2.45) is 0 Å². The van der Waals surface area contributed by atoms with Gasteiger partial charge in [0, 0.05) is 11.1 Å². The van der Waals surface area contributed by atoms with Crippen LogP contribution in [0, 0.1) is 5.82 Å². The minimum Gasteiger partial charge on any atom is -0.504 e. The molecule has 0 saturated heterocycles. The van der Waals surface area contributed by atoms with Crippen molar-refractivity contribution in [3.8, 4) is 11.5 Å². The lowest BCUT2D eigenvalue weighted by atomic mass is 10.1. The second-order valence-corrected chi connectivity index (χ2v) is 4.11. The highest BCUT2D eigenvalue weighted by Gasteiger charge is 2.07. The van der Waals surface area contributed by atoms with Gasteiger partial charge in [-0.3, -0.25) is 4.79 Å². The van der Waals surface area contributed by atoms with Gasteiger partial charge < -0.3 is 9.84 Å². The van der Waals surface area contributed by atoms with Crippen LogP contribution in [0.4, 0.5) is 4.39 Å². The molecule has 2 aromatic carbocycles. The molecule has 0 amide bonds. The first-order valence-corrected chi connectivity index (χ1v) is 5.96. The van der Waals surface area contributed by atoms with Crippen LogP contribution in [0.2, 0.25) is 0 Å². The highest BCUT2D eigenvalue weighted by Crippen LogP contribution is 2.26. The van der Waals surface area contributed by atoms with E-state index in [9.17, 15) is 14.3 Å². The van der Waals surface area contributed by atoms with Crippen LogP contribution in [-0.4, -0.2) is 18.0 Å². The Balaban J connectivity index is 2.22. The minimum absolute atomic E-state index is 0.0397. The molecule has 0 heterocycles. The van der Waals surface area contributed by atoms with Gasteiger partial charge in [-0.1, -0.05) is 18.2 Å². The standard InChI is InChI=1S/C16H13FO3/c1-20-16-10-12(7-9-15(16)19)14(18)8-6-11-4-2-3-5-13(11)17/h2-10,19H,1H3/b8-6+. The van der Waals surface area contributed by atoms with E-state index in [-0.39, 0.29) is 23.1 Å². The maximum Gasteiger partial charge on any atom is 0.185 e. The fourth-order valence-electron chi connectivity index (χ4n) is 1.70. The number of phenols is 1. The molecule has 0 unspecified atom stereocenters. The molecule has 0 aliphatic carbocycles. The molecular formula is C16H13FO3. The van der Waals surface area contributed by atoms with Crippen LogP contribution in [-0.2, 0) is 0 Å². The first-order chi connectivity index (χ1) is 9.61. The molecular weight excluding hydrogens is 259 g/mol. The number of halogens is 1. The largest absolute Gasteiger partial charge is 0.504 e. The number of methoxy groups -OCH3 is 1. The third-order valence-electron chi connectivity index (χ3n) is 2.78. The average molecular weight is 272 g/mol. The zero-order chi connectivity index (χ0) is 14.5. The van der Waals surface area contributed by atoms with Crippen LogP contribution in [0.1, 0.15) is 15.9 Å². The molecule has 20 heavy (non-hydrogen) atoms. The number of carbonyl (C=O) groups excluding carboxylic acids is 1. The normalized spacial score (nSPS) is 10.7. The summed E-state index contributed by atoms with van der Waals surface area (Å²) < 4.78 is 18.3. The van der Waals surface area contributed by atoms with E-state index >= 15 is 0 Å². The number of ketones is 1. The van der Waals surface area contributed by atoms with Crippen molar-refractivity contribution in [1.82, 2.24) is 0 Å². The second kappa shape index (κ2) is 6.02. The number of ether oxygens (including phenoxy) is 1. The van der Waals surface area contributed by atoms with E-state index in [1.165, 1.54) is 43.5 Å². The maximum absolute atomic E-state index is 13.4. The number of phenolic OH excluding ortho intramolecular Hbond substituents is 1. The topological polar surface area (TPSA) is 46.5 Å². The van der Waals surface area contributed by atoms with E-state index in [2.05, 4.69) is 0 Å². The maximum atomic E-state index is 13.4. The van der Waals surface area contributed by atoms with Gasteiger partial charge in [0.1, 0.15) is 5.82 Å². The van der Waals surface area contributed by atoms with Crippen molar-refractivity contribution in [3.63, 3.8) is 0 Å². The third kappa shape index (κ3) is 3.03. The summed E-state index contributed by atoms with van der Waals surface area (Å²) in [5, 5.41) is 9.46. The van der Waals surface area contributed by atoms with Gasteiger partial charge in [-0.25, -0.2) is 4.39 Å². The molecule has 0 aromatic heterocycles. The molecule has 3 nitrogen and oxygen atoms in total. The summed E-state index contributed by atoms with van der Waals surface area (Å²) in [5.74, 6) is -0.510. The van der Waals surface area contributed by atoms with Crippen LogP contribution in [0.5, 0.6) is 11.5 Å². The second-order valence-electron chi connectivity index (χ2n) is 4.11. The van der Waals surface area contributed by atoms with E-state index in [0.717, 1.165) is 0 Å². The van der Waals surface area contributed by atoms with Gasteiger partial charge >= 0.3 is 0 Å². The Hall–Kier alpha value is -2.62. The molecule has 4 heteroatoms. The Morgan fingerprint density at radius 2 is 2.00 bits per heavy atom. The third-order valence-corrected chi connectivity index (χ3v) is 2.78. The highest BCUT2D eigenvalue weighted by atomic mass is 19.1. The van der Waals surface area contributed by atoms with Crippen LogP contribution < -0.4 is 4.74 Å². The first kappa shape index (κ1) is 13.8. The van der Waals surface area contributed by atoms with Crippen molar-refractivity contribution in [3.05, 3.63) is 65.5 Å². The number of hydrogen-bond donors (Lipinski definition) is 1. The predicted octanol–water partition coefficient (Wildman–Crippen LogP) is 3.44. The average Bonchev–Trinajstić information content (AvgIpc) is 2.46. The number of aromatic hydroxyl groups is 1. The monoisotopic (exact) mass is 272 g/mol. The number of rotatable bonds is 4. The molecule has 102 valence electrons. The van der Waals surface area contributed by atoms with Crippen molar-refractivity contribution in [2.75, 3.05) is 7.11 Å². The van der Waals surface area contributed by atoms with E-state index in [0.29, 0.717) is 11.1 Å². The van der Waals surface area contributed by atoms with Crippen molar-refractivity contribution in [1.29, 1.82) is 0 Å². The molecule has 0 saturated carbocycles. The zero-order valence-electron chi connectivity index (χ0n) is 10.8. The fourth-order valence-corrected chi connectivity index (χ4v) is 1.70. The highest BCUT2D eigenvalue weighted by molar-refractivity contribution is 6.07. The fraction of sp³-hybridized carbons (Fsp3) is 0.0625. The summed E-state index contributed by atoms with van der Waals surface area (Å²) in [6, 6.07) is 10.5. The lowest BCUT2D eigenvalue weighted by molar-refractivity contribution is 0.104. The number of benzene rings is 2. The number of hydrogen-bond acceptors (Lipinski definition) is 3. The molecule has 0 radical (unpaired) electrons. The molecule has 0 aliphatic heterocycles. The summed E-state index contributed by atoms with van der Waals surface area (Å²) >= 11 is 0. The van der Waals surface area contributed by atoms with E-state index in [1.54, 1.807) is 18.2 Å². The molecule has 1 N–H and O–H groups in total. The Kier molecular flexibility index (Phi) is 4.15. The molecule has 2 rings (SSSR count). The van der Waals surface area contributed by atoms with Gasteiger partial charge in [-0.05, 0) is 36.4 Å². The van der Waals surface area contributed by atoms with Crippen LogP contribution in [0.25, 0.3) is 6.08 Å². The molecule has 0 fully saturated rings. The summed E-state index contributed by atoms with van der Waals surface area (Å²) in [6.45, 7) is 0. The summed E-state index contributed by atoms with van der Waals surface area (Å²) in [4.78, 5) is 12.0. The molecule has 0 atom stereocenters. The quantitative estimate of drug-likeness (QED) is 0.685. The van der Waals surface area contributed by atoms with Crippen LogP contribution in [0.3, 0.4) is 0 Å². The Morgan fingerprint density at radius 3 is 2.70 bits per heavy atom. The van der Waals surface area contributed by atoms with Crippen LogP contribution in [0.15, 0.2) is 48.5 Å². The zero-order valence-corrected chi connectivity index (χ0v) is 10.8. The SMILES string of the molecule is COc1cc(C(=O)/C=C/c2ccccc2F)ccc1O. The van der Waals surface area contributed by atoms with Gasteiger partial charge in [0.15, 0.2) is 17.3 Å². The van der Waals surface area contributed by atoms with E-state index < -0.39 is 0 Å². The van der Waals surface area contributed by atoms with Gasteiger partial charge in [0.25, 0.3) is 0 Å².